The quantitative estimate of drug-likeness (QED) is 0.559. The number of rotatable bonds is 3. The van der Waals surface area contributed by atoms with Crippen molar-refractivity contribution in [3.63, 3.8) is 0 Å². The highest BCUT2D eigenvalue weighted by Crippen LogP contribution is 2.19. The minimum Gasteiger partial charge on any atom is -0.384 e. The number of benzene rings is 3. The van der Waals surface area contributed by atoms with Crippen LogP contribution in [0.4, 0.5) is 0 Å². The Labute approximate surface area is 128 Å². The maximum absolute atomic E-state index is 9.66. The molecule has 4 aromatic rings. The maximum atomic E-state index is 9.66. The van der Waals surface area contributed by atoms with Crippen LogP contribution in [-0.4, -0.2) is 10.1 Å². The van der Waals surface area contributed by atoms with Crippen molar-refractivity contribution in [2.45, 2.75) is 13.2 Å². The first-order valence-electron chi connectivity index (χ1n) is 7.44. The molecular weight excluding hydrogens is 272 g/mol. The van der Waals surface area contributed by atoms with Crippen molar-refractivity contribution in [1.82, 2.24) is 4.98 Å². The first-order chi connectivity index (χ1) is 10.9. The van der Waals surface area contributed by atoms with E-state index in [1.807, 2.05) is 18.2 Å². The van der Waals surface area contributed by atoms with Gasteiger partial charge in [0.1, 0.15) is 13.2 Å². The molecule has 0 aliphatic rings. The van der Waals surface area contributed by atoms with E-state index in [-0.39, 0.29) is 6.61 Å². The number of hydrogen-bond acceptors (Lipinski definition) is 1. The van der Waals surface area contributed by atoms with Crippen molar-refractivity contribution in [2.24, 2.45) is 0 Å². The van der Waals surface area contributed by atoms with Crippen molar-refractivity contribution >= 4 is 21.8 Å². The lowest BCUT2D eigenvalue weighted by Gasteiger charge is -2.06. The third kappa shape index (κ3) is 2.07. The highest BCUT2D eigenvalue weighted by Gasteiger charge is 2.18. The van der Waals surface area contributed by atoms with Gasteiger partial charge in [0.15, 0.2) is 11.0 Å². The first kappa shape index (κ1) is 13.0. The molecule has 22 heavy (non-hydrogen) atoms. The number of para-hydroxylation sites is 2. The van der Waals surface area contributed by atoms with Gasteiger partial charge in [-0.2, -0.15) is 0 Å². The number of nitrogens with zero attached hydrogens (tertiary/aromatic N) is 1. The molecule has 0 fully saturated rings. The molecule has 0 saturated heterocycles. The molecule has 0 unspecified atom stereocenters. The largest absolute Gasteiger partial charge is 0.384 e. The minimum absolute atomic E-state index is 0.000549. The van der Waals surface area contributed by atoms with Gasteiger partial charge in [-0.3, -0.25) is 0 Å². The van der Waals surface area contributed by atoms with Gasteiger partial charge < -0.3 is 5.11 Å². The summed E-state index contributed by atoms with van der Waals surface area (Å²) in [6.07, 6.45) is 0. The maximum Gasteiger partial charge on any atom is 0.281 e. The van der Waals surface area contributed by atoms with Gasteiger partial charge in [0.25, 0.3) is 5.82 Å². The first-order valence-corrected chi connectivity index (χ1v) is 7.44. The summed E-state index contributed by atoms with van der Waals surface area (Å²) >= 11 is 0. The molecule has 0 atom stereocenters. The molecule has 108 valence electrons. The zero-order valence-corrected chi connectivity index (χ0v) is 12.2. The lowest BCUT2D eigenvalue weighted by Crippen LogP contribution is -2.37. The van der Waals surface area contributed by atoms with Crippen LogP contribution in [0.25, 0.3) is 21.8 Å². The van der Waals surface area contributed by atoms with Crippen LogP contribution < -0.4 is 4.57 Å². The third-order valence-electron chi connectivity index (χ3n) is 4.16. The van der Waals surface area contributed by atoms with E-state index in [4.69, 9.17) is 0 Å². The van der Waals surface area contributed by atoms with E-state index in [1.54, 1.807) is 0 Å². The molecule has 0 saturated carbocycles. The SMILES string of the molecule is OCc1[nH]c2ccccc2[n+]1Cc1cccc2ccccc12. The summed E-state index contributed by atoms with van der Waals surface area (Å²) in [5.74, 6) is 0.828. The molecule has 3 nitrogen and oxygen atoms in total. The van der Waals surface area contributed by atoms with Crippen molar-refractivity contribution in [1.29, 1.82) is 0 Å². The predicted octanol–water partition coefficient (Wildman–Crippen LogP) is 3.15. The Bertz CT molecular complexity index is 951. The van der Waals surface area contributed by atoms with Crippen molar-refractivity contribution in [2.75, 3.05) is 0 Å². The number of fused-ring (bicyclic) bond motifs is 2. The van der Waals surface area contributed by atoms with E-state index in [0.29, 0.717) is 0 Å². The van der Waals surface area contributed by atoms with Gasteiger partial charge in [0, 0.05) is 5.56 Å². The highest BCUT2D eigenvalue weighted by atomic mass is 16.3. The average molecular weight is 289 g/mol. The molecule has 0 radical (unpaired) electrons. The summed E-state index contributed by atoms with van der Waals surface area (Å²) in [6.45, 7) is 0.737. The number of hydrogen-bond donors (Lipinski definition) is 2. The van der Waals surface area contributed by atoms with Crippen molar-refractivity contribution < 1.29 is 9.67 Å². The topological polar surface area (TPSA) is 39.9 Å². The van der Waals surface area contributed by atoms with E-state index >= 15 is 0 Å². The Morgan fingerprint density at radius 1 is 0.864 bits per heavy atom. The second kappa shape index (κ2) is 5.28. The second-order valence-corrected chi connectivity index (χ2v) is 5.47. The van der Waals surface area contributed by atoms with E-state index in [1.165, 1.54) is 16.3 Å². The van der Waals surface area contributed by atoms with Gasteiger partial charge in [-0.25, -0.2) is 9.55 Å². The Morgan fingerprint density at radius 3 is 2.55 bits per heavy atom. The molecule has 1 heterocycles. The van der Waals surface area contributed by atoms with Crippen LogP contribution in [-0.2, 0) is 13.2 Å². The molecule has 0 aliphatic carbocycles. The number of H-pyrrole nitrogens is 1. The Hall–Kier alpha value is -2.65. The fraction of sp³-hybridized carbons (Fsp3) is 0.105. The summed E-state index contributed by atoms with van der Waals surface area (Å²) in [4.78, 5) is 3.30. The number of aliphatic hydroxyl groups excluding tert-OH is 1. The monoisotopic (exact) mass is 289 g/mol. The summed E-state index contributed by atoms with van der Waals surface area (Å²) in [5.41, 5.74) is 3.41. The Balaban J connectivity index is 1.89. The normalized spacial score (nSPS) is 11.3. The Kier molecular flexibility index (Phi) is 3.13. The molecule has 3 aromatic carbocycles. The van der Waals surface area contributed by atoms with Gasteiger partial charge in [-0.1, -0.05) is 54.6 Å². The summed E-state index contributed by atoms with van der Waals surface area (Å²) < 4.78 is 2.15. The standard InChI is InChI=1S/C19H16N2O/c22-13-19-20-17-10-3-4-11-18(17)21(19)12-15-8-5-7-14-6-1-2-9-16(14)15/h1-11,22H,12-13H2/p+1. The summed E-state index contributed by atoms with van der Waals surface area (Å²) in [7, 11) is 0. The molecule has 2 N–H and O–H groups in total. The zero-order chi connectivity index (χ0) is 14.9. The van der Waals surface area contributed by atoms with Crippen molar-refractivity contribution in [3.8, 4) is 0 Å². The fourth-order valence-corrected chi connectivity index (χ4v) is 3.09. The van der Waals surface area contributed by atoms with Crippen LogP contribution in [0.2, 0.25) is 0 Å². The molecule has 4 rings (SSSR count). The Morgan fingerprint density at radius 2 is 1.64 bits per heavy atom. The number of imidazole rings is 1. The van der Waals surface area contributed by atoms with Crippen LogP contribution in [0.1, 0.15) is 11.4 Å². The third-order valence-corrected chi connectivity index (χ3v) is 4.16. The van der Waals surface area contributed by atoms with Crippen molar-refractivity contribution in [3.05, 3.63) is 78.1 Å². The number of aromatic nitrogens is 2. The number of aliphatic hydroxyl groups is 1. The van der Waals surface area contributed by atoms with Crippen LogP contribution >= 0.6 is 0 Å². The molecular formula is C19H17N2O+. The molecule has 0 aliphatic heterocycles. The van der Waals surface area contributed by atoms with E-state index in [0.717, 1.165) is 23.4 Å². The lowest BCUT2D eigenvalue weighted by molar-refractivity contribution is -0.671. The number of aromatic amines is 1. The van der Waals surface area contributed by atoms with Gasteiger partial charge >= 0.3 is 0 Å². The summed E-state index contributed by atoms with van der Waals surface area (Å²) in [6, 6.07) is 22.9. The van der Waals surface area contributed by atoms with Gasteiger partial charge in [0.2, 0.25) is 0 Å². The van der Waals surface area contributed by atoms with Crippen LogP contribution in [0.15, 0.2) is 66.7 Å². The van der Waals surface area contributed by atoms with Gasteiger partial charge in [0.05, 0.1) is 0 Å². The smallest absolute Gasteiger partial charge is 0.281 e. The zero-order valence-electron chi connectivity index (χ0n) is 12.2. The summed E-state index contributed by atoms with van der Waals surface area (Å²) in [5, 5.41) is 12.2. The molecule has 1 aromatic heterocycles. The molecule has 0 amide bonds. The van der Waals surface area contributed by atoms with Gasteiger partial charge in [-0.05, 0) is 22.9 Å². The minimum atomic E-state index is -0.000549. The molecule has 0 bridgehead atoms. The van der Waals surface area contributed by atoms with E-state index < -0.39 is 0 Å². The average Bonchev–Trinajstić information content (AvgIpc) is 2.93. The number of nitrogens with one attached hydrogen (secondary N) is 1. The van der Waals surface area contributed by atoms with E-state index in [2.05, 4.69) is 58.1 Å². The molecule has 0 spiro atoms. The van der Waals surface area contributed by atoms with Gasteiger partial charge in [-0.15, -0.1) is 0 Å². The van der Waals surface area contributed by atoms with Crippen LogP contribution in [0, 0.1) is 0 Å². The highest BCUT2D eigenvalue weighted by molar-refractivity contribution is 5.85. The van der Waals surface area contributed by atoms with E-state index in [9.17, 15) is 5.11 Å². The fourth-order valence-electron chi connectivity index (χ4n) is 3.09. The van der Waals surface area contributed by atoms with Crippen LogP contribution in [0.3, 0.4) is 0 Å². The molecule has 3 heteroatoms. The second-order valence-electron chi connectivity index (χ2n) is 5.47. The predicted molar refractivity (Wildman–Crippen MR) is 87.5 cm³/mol. The van der Waals surface area contributed by atoms with Crippen LogP contribution in [0.5, 0.6) is 0 Å². The lowest BCUT2D eigenvalue weighted by atomic mass is 10.0.